The second kappa shape index (κ2) is 10.1. The summed E-state index contributed by atoms with van der Waals surface area (Å²) < 4.78 is 4.58. The third kappa shape index (κ3) is 4.80. The van der Waals surface area contributed by atoms with Gasteiger partial charge in [-0.05, 0) is 60.8 Å². The number of quaternary nitrogens is 1. The molecule has 0 amide bonds. The van der Waals surface area contributed by atoms with Crippen molar-refractivity contribution in [2.24, 2.45) is 5.92 Å². The van der Waals surface area contributed by atoms with Gasteiger partial charge in [-0.1, -0.05) is 55.2 Å². The molecule has 1 fully saturated rings. The number of nitrogens with one attached hydrogen (secondary N) is 1. The van der Waals surface area contributed by atoms with Crippen LogP contribution in [0, 0.1) is 10.7 Å². The number of nitrogens with zero attached hydrogens (tertiary/aromatic N) is 3. The second-order valence-electron chi connectivity index (χ2n) is 8.83. The molecule has 8 heteroatoms. The highest BCUT2D eigenvalue weighted by Gasteiger charge is 2.25. The first-order chi connectivity index (χ1) is 15.4. The average Bonchev–Trinajstić information content (AvgIpc) is 3.09. The lowest BCUT2D eigenvalue weighted by Gasteiger charge is -2.28. The number of rotatable bonds is 6. The van der Waals surface area contributed by atoms with Crippen LogP contribution in [-0.4, -0.2) is 39.2 Å². The number of hydrogen-bond acceptors (Lipinski definition) is 3. The van der Waals surface area contributed by atoms with Gasteiger partial charge < -0.3 is 10.0 Å². The smallest absolute Gasteiger partial charge is 0.207 e. The largest absolute Gasteiger partial charge is 0.396 e. The van der Waals surface area contributed by atoms with Crippen LogP contribution in [0.5, 0.6) is 0 Å². The fourth-order valence-electron chi connectivity index (χ4n) is 4.52. The van der Waals surface area contributed by atoms with E-state index in [1.165, 1.54) is 10.5 Å². The Hall–Kier alpha value is -1.70. The van der Waals surface area contributed by atoms with Crippen LogP contribution in [0.15, 0.2) is 42.5 Å². The topological polar surface area (TPSA) is 47.4 Å². The molecule has 1 aliphatic heterocycles. The highest BCUT2D eigenvalue weighted by molar-refractivity contribution is 7.71. The minimum atomic E-state index is 0.233. The molecular weight excluding hydrogens is 463 g/mol. The van der Waals surface area contributed by atoms with Gasteiger partial charge in [0.15, 0.2) is 12.5 Å². The summed E-state index contributed by atoms with van der Waals surface area (Å²) in [5.41, 5.74) is 3.00. The van der Waals surface area contributed by atoms with Crippen molar-refractivity contribution in [2.45, 2.75) is 39.3 Å². The summed E-state index contributed by atoms with van der Waals surface area (Å²) in [6.45, 7) is 7.21. The van der Waals surface area contributed by atoms with Gasteiger partial charge >= 0.3 is 0 Å². The van der Waals surface area contributed by atoms with Crippen molar-refractivity contribution in [3.63, 3.8) is 0 Å². The zero-order valence-corrected chi connectivity index (χ0v) is 20.7. The van der Waals surface area contributed by atoms with Gasteiger partial charge in [0.1, 0.15) is 0 Å². The molecular formula is C24H29Cl2N4OS+. The van der Waals surface area contributed by atoms with E-state index >= 15 is 0 Å². The molecule has 0 spiro atoms. The Morgan fingerprint density at radius 3 is 2.72 bits per heavy atom. The molecule has 0 radical (unpaired) electrons. The number of piperidine rings is 1. The number of aliphatic hydroxyl groups is 1. The predicted molar refractivity (Wildman–Crippen MR) is 132 cm³/mol. The van der Waals surface area contributed by atoms with Crippen LogP contribution in [0.2, 0.25) is 10.0 Å². The molecule has 5 nitrogen and oxygen atoms in total. The molecule has 1 aliphatic rings. The molecule has 4 rings (SSSR count). The van der Waals surface area contributed by atoms with Gasteiger partial charge in [0.2, 0.25) is 4.77 Å². The van der Waals surface area contributed by atoms with Crippen LogP contribution in [0.3, 0.4) is 0 Å². The van der Waals surface area contributed by atoms with Gasteiger partial charge in [-0.25, -0.2) is 0 Å². The summed E-state index contributed by atoms with van der Waals surface area (Å²) in [5.74, 6) is 1.37. The van der Waals surface area contributed by atoms with Gasteiger partial charge in [0.05, 0.1) is 30.4 Å². The Kier molecular flexibility index (Phi) is 7.37. The van der Waals surface area contributed by atoms with E-state index in [9.17, 15) is 5.11 Å². The molecule has 170 valence electrons. The van der Waals surface area contributed by atoms with Crippen molar-refractivity contribution in [3.05, 3.63) is 62.8 Å². The lowest BCUT2D eigenvalue weighted by Crippen LogP contribution is -3.13. The average molecular weight is 492 g/mol. The summed E-state index contributed by atoms with van der Waals surface area (Å²) >= 11 is 18.7. The Balaban J connectivity index is 1.85. The third-order valence-electron chi connectivity index (χ3n) is 6.16. The molecule has 1 unspecified atom stereocenters. The van der Waals surface area contributed by atoms with E-state index in [0.29, 0.717) is 39.1 Å². The molecule has 1 saturated heterocycles. The van der Waals surface area contributed by atoms with Crippen molar-refractivity contribution < 1.29 is 10.0 Å². The molecule has 2 aromatic carbocycles. The lowest BCUT2D eigenvalue weighted by molar-refractivity contribution is -0.931. The lowest BCUT2D eigenvalue weighted by atomic mass is 10.00. The number of likely N-dealkylation sites (tertiary alicyclic amines) is 1. The Morgan fingerprint density at radius 1 is 1.22 bits per heavy atom. The van der Waals surface area contributed by atoms with Gasteiger partial charge in [-0.15, -0.1) is 5.10 Å². The Morgan fingerprint density at radius 2 is 2.00 bits per heavy atom. The summed E-state index contributed by atoms with van der Waals surface area (Å²) in [6, 6.07) is 13.8. The maximum Gasteiger partial charge on any atom is 0.207 e. The summed E-state index contributed by atoms with van der Waals surface area (Å²) in [7, 11) is 0. The third-order valence-corrected chi connectivity index (χ3v) is 7.10. The number of halogens is 2. The molecule has 1 aromatic heterocycles. The van der Waals surface area contributed by atoms with E-state index in [4.69, 9.17) is 40.5 Å². The van der Waals surface area contributed by atoms with Gasteiger partial charge in [-0.3, -0.25) is 4.57 Å². The van der Waals surface area contributed by atoms with E-state index in [2.05, 4.69) is 32.0 Å². The van der Waals surface area contributed by atoms with Gasteiger partial charge in [0, 0.05) is 16.5 Å². The van der Waals surface area contributed by atoms with Gasteiger partial charge in [0.25, 0.3) is 0 Å². The fraction of sp³-hybridized carbons (Fsp3) is 0.417. The zero-order chi connectivity index (χ0) is 22.8. The van der Waals surface area contributed by atoms with Crippen LogP contribution in [0.25, 0.3) is 17.1 Å². The molecule has 0 bridgehead atoms. The van der Waals surface area contributed by atoms with Crippen LogP contribution in [0.4, 0.5) is 0 Å². The van der Waals surface area contributed by atoms with Crippen molar-refractivity contribution in [1.82, 2.24) is 14.3 Å². The van der Waals surface area contributed by atoms with Crippen molar-refractivity contribution in [1.29, 1.82) is 0 Å². The number of aromatic nitrogens is 3. The molecule has 0 saturated carbocycles. The van der Waals surface area contributed by atoms with Crippen LogP contribution < -0.4 is 4.90 Å². The first-order valence-corrected chi connectivity index (χ1v) is 12.2. The fourth-order valence-corrected chi connectivity index (χ4v) is 5.30. The van der Waals surface area contributed by atoms with Crippen LogP contribution in [-0.2, 0) is 6.67 Å². The van der Waals surface area contributed by atoms with Crippen LogP contribution in [0.1, 0.15) is 38.2 Å². The van der Waals surface area contributed by atoms with E-state index in [1.54, 1.807) is 6.07 Å². The highest BCUT2D eigenvalue weighted by Crippen LogP contribution is 2.33. The number of para-hydroxylation sites is 1. The normalized spacial score (nSPS) is 18.9. The monoisotopic (exact) mass is 491 g/mol. The standard InChI is InChI=1S/C24H28Cl2N4OS/c1-16(2)19-7-3-4-8-22(19)30-23(20-10-9-18(25)12-21(20)26)27-29(24(30)32)15-28-11-5-6-17(13-28)14-31/h3-4,7-10,12,16-17,31H,5-6,11,13-15H2,1-2H3/p+1/t17-/m1/s1. The Labute approximate surface area is 204 Å². The quantitative estimate of drug-likeness (QED) is 0.489. The molecule has 0 aliphatic carbocycles. The second-order valence-corrected chi connectivity index (χ2v) is 10.0. The zero-order valence-electron chi connectivity index (χ0n) is 18.4. The molecule has 32 heavy (non-hydrogen) atoms. The van der Waals surface area contributed by atoms with Crippen molar-refractivity contribution in [2.75, 3.05) is 19.7 Å². The highest BCUT2D eigenvalue weighted by atomic mass is 35.5. The Bertz CT molecular complexity index is 1160. The molecule has 2 N–H and O–H groups in total. The van der Waals surface area contributed by atoms with Crippen LogP contribution >= 0.6 is 35.4 Å². The molecule has 2 atom stereocenters. The number of aliphatic hydroxyl groups excluding tert-OH is 1. The van der Waals surface area contributed by atoms with E-state index in [1.807, 2.05) is 27.4 Å². The SMILES string of the molecule is CC(C)c1ccccc1-n1c(-c2ccc(Cl)cc2Cl)nn(C[NH+]2CCC[C@@H](CO)C2)c1=S. The predicted octanol–water partition coefficient (Wildman–Crippen LogP) is 4.75. The molecule has 2 heterocycles. The van der Waals surface area contributed by atoms with Crippen molar-refractivity contribution >= 4 is 35.4 Å². The van der Waals surface area contributed by atoms with E-state index < -0.39 is 0 Å². The minimum Gasteiger partial charge on any atom is -0.396 e. The maximum absolute atomic E-state index is 9.62. The maximum atomic E-state index is 9.62. The number of hydrogen-bond donors (Lipinski definition) is 2. The van der Waals surface area contributed by atoms with Crippen molar-refractivity contribution in [3.8, 4) is 17.1 Å². The first-order valence-electron chi connectivity index (χ1n) is 11.1. The summed E-state index contributed by atoms with van der Waals surface area (Å²) in [6.07, 6.45) is 2.17. The van der Waals surface area contributed by atoms with Gasteiger partial charge in [-0.2, -0.15) is 4.68 Å². The minimum absolute atomic E-state index is 0.233. The van der Waals surface area contributed by atoms with E-state index in [-0.39, 0.29) is 6.61 Å². The summed E-state index contributed by atoms with van der Waals surface area (Å²) in [4.78, 5) is 1.38. The first kappa shape index (κ1) is 23.5. The molecule has 3 aromatic rings. The number of benzene rings is 2. The summed E-state index contributed by atoms with van der Waals surface area (Å²) in [5, 5.41) is 15.7. The van der Waals surface area contributed by atoms with E-state index in [0.717, 1.165) is 37.2 Å².